The molecule has 4 nitrogen and oxygen atoms in total. The first-order valence-electron chi connectivity index (χ1n) is 17.7. The highest BCUT2D eigenvalue weighted by Gasteiger charge is 2.28. The predicted molar refractivity (Wildman–Crippen MR) is 206 cm³/mol. The molecule has 4 heteroatoms. The van der Waals surface area contributed by atoms with Crippen molar-refractivity contribution in [1.82, 2.24) is 19.9 Å². The SMILES string of the molecule is c1ccc2ncc(C3CCC(c4nc(-c5cc6ccccc6c6ccccc56)nc(-c5cc6ccccc6c6ccccc56)n4)CC3)cc2c1. The van der Waals surface area contributed by atoms with Crippen LogP contribution in [-0.4, -0.2) is 19.9 Å². The van der Waals surface area contributed by atoms with Gasteiger partial charge in [-0.15, -0.1) is 0 Å². The Balaban J connectivity index is 1.13. The van der Waals surface area contributed by atoms with Crippen LogP contribution in [0.25, 0.3) is 76.8 Å². The number of benzene rings is 7. The summed E-state index contributed by atoms with van der Waals surface area (Å²) in [7, 11) is 0. The first-order chi connectivity index (χ1) is 24.8. The average molecular weight is 643 g/mol. The maximum absolute atomic E-state index is 5.36. The van der Waals surface area contributed by atoms with Crippen LogP contribution in [0.15, 0.2) is 146 Å². The highest BCUT2D eigenvalue weighted by atomic mass is 15.0. The summed E-state index contributed by atoms with van der Waals surface area (Å²) in [6.45, 7) is 0. The van der Waals surface area contributed by atoms with Crippen molar-refractivity contribution in [2.45, 2.75) is 37.5 Å². The lowest BCUT2D eigenvalue weighted by Gasteiger charge is -2.28. The number of nitrogens with zero attached hydrogens (tertiary/aromatic N) is 4. The van der Waals surface area contributed by atoms with Crippen LogP contribution in [0.1, 0.15) is 48.9 Å². The maximum Gasteiger partial charge on any atom is 0.164 e. The summed E-state index contributed by atoms with van der Waals surface area (Å²) < 4.78 is 0. The second-order valence-electron chi connectivity index (χ2n) is 13.7. The standard InChI is InChI=1S/C46H34N4/c1-4-14-35-31(11-1)26-41(39-18-8-6-16-37(35)39)45-48-44(30-23-21-29(22-24-30)34-25-33-13-3-10-20-43(33)47-28-34)49-46(50-45)42-27-32-12-2-5-15-36(32)38-17-7-9-19-40(38)42/h1-20,25-30H,21-24H2. The lowest BCUT2D eigenvalue weighted by atomic mass is 9.78. The van der Waals surface area contributed by atoms with Gasteiger partial charge in [-0.25, -0.2) is 15.0 Å². The van der Waals surface area contributed by atoms with E-state index in [1.165, 1.54) is 43.3 Å². The second-order valence-corrected chi connectivity index (χ2v) is 13.7. The molecule has 0 spiro atoms. The summed E-state index contributed by atoms with van der Waals surface area (Å²) in [5, 5.41) is 10.8. The van der Waals surface area contributed by atoms with Crippen LogP contribution in [0.5, 0.6) is 0 Å². The Bertz CT molecular complexity index is 2610. The zero-order valence-electron chi connectivity index (χ0n) is 27.6. The first kappa shape index (κ1) is 29.0. The van der Waals surface area contributed by atoms with Gasteiger partial charge < -0.3 is 0 Å². The fraction of sp³-hybridized carbons (Fsp3) is 0.130. The summed E-state index contributed by atoms with van der Waals surface area (Å²) in [5.74, 6) is 3.11. The van der Waals surface area contributed by atoms with Gasteiger partial charge in [0.05, 0.1) is 5.52 Å². The van der Waals surface area contributed by atoms with Gasteiger partial charge in [0.15, 0.2) is 11.6 Å². The third-order valence-electron chi connectivity index (χ3n) is 10.8. The van der Waals surface area contributed by atoms with Crippen LogP contribution in [0.2, 0.25) is 0 Å². The lowest BCUT2D eigenvalue weighted by molar-refractivity contribution is 0.385. The molecule has 0 radical (unpaired) electrons. The summed E-state index contributed by atoms with van der Waals surface area (Å²) in [5.41, 5.74) is 4.48. The molecule has 9 aromatic rings. The molecule has 0 N–H and O–H groups in total. The summed E-state index contributed by atoms with van der Waals surface area (Å²) in [6, 6.07) is 49.8. The summed E-state index contributed by atoms with van der Waals surface area (Å²) in [4.78, 5) is 20.8. The van der Waals surface area contributed by atoms with Gasteiger partial charge in [0.2, 0.25) is 0 Å². The van der Waals surface area contributed by atoms with Gasteiger partial charge in [-0.1, -0.05) is 115 Å². The Labute approximate surface area is 290 Å². The van der Waals surface area contributed by atoms with Gasteiger partial charge in [0.1, 0.15) is 5.82 Å². The van der Waals surface area contributed by atoms with E-state index in [0.717, 1.165) is 70.6 Å². The van der Waals surface area contributed by atoms with Crippen LogP contribution in [0.3, 0.4) is 0 Å². The fourth-order valence-electron chi connectivity index (χ4n) is 8.29. The van der Waals surface area contributed by atoms with Crippen molar-refractivity contribution in [3.8, 4) is 22.8 Å². The van der Waals surface area contributed by atoms with Gasteiger partial charge in [-0.05, 0) is 105 Å². The van der Waals surface area contributed by atoms with E-state index < -0.39 is 0 Å². The topological polar surface area (TPSA) is 51.6 Å². The van der Waals surface area contributed by atoms with Crippen molar-refractivity contribution in [2.75, 3.05) is 0 Å². The van der Waals surface area contributed by atoms with Gasteiger partial charge in [0.25, 0.3) is 0 Å². The molecule has 2 aromatic heterocycles. The number of hydrogen-bond acceptors (Lipinski definition) is 4. The van der Waals surface area contributed by atoms with E-state index in [0.29, 0.717) is 5.92 Å². The highest BCUT2D eigenvalue weighted by Crippen LogP contribution is 2.42. The van der Waals surface area contributed by atoms with E-state index >= 15 is 0 Å². The van der Waals surface area contributed by atoms with Gasteiger partial charge in [-0.2, -0.15) is 0 Å². The zero-order chi connectivity index (χ0) is 33.0. The van der Waals surface area contributed by atoms with Crippen LogP contribution >= 0.6 is 0 Å². The fourth-order valence-corrected chi connectivity index (χ4v) is 8.29. The van der Waals surface area contributed by atoms with Crippen LogP contribution in [-0.2, 0) is 0 Å². The van der Waals surface area contributed by atoms with Crippen molar-refractivity contribution in [3.05, 3.63) is 157 Å². The van der Waals surface area contributed by atoms with Gasteiger partial charge in [0, 0.05) is 28.6 Å². The summed E-state index contributed by atoms with van der Waals surface area (Å²) in [6.07, 6.45) is 6.30. The molecule has 1 saturated carbocycles. The number of hydrogen-bond donors (Lipinski definition) is 0. The number of pyridine rings is 1. The van der Waals surface area contributed by atoms with E-state index in [1.807, 2.05) is 0 Å². The van der Waals surface area contributed by atoms with Gasteiger partial charge in [-0.3, -0.25) is 4.98 Å². The Morgan fingerprint density at radius 3 is 1.44 bits per heavy atom. The molecule has 10 rings (SSSR count). The molecule has 0 bridgehead atoms. The molecule has 1 aliphatic carbocycles. The Hall–Kier alpha value is -6.00. The number of rotatable bonds is 4. The quantitative estimate of drug-likeness (QED) is 0.179. The summed E-state index contributed by atoms with van der Waals surface area (Å²) >= 11 is 0. The molecule has 50 heavy (non-hydrogen) atoms. The maximum atomic E-state index is 5.36. The predicted octanol–water partition coefficient (Wildman–Crippen LogP) is 11.8. The Kier molecular flexibility index (Phi) is 6.87. The van der Waals surface area contributed by atoms with Gasteiger partial charge >= 0.3 is 0 Å². The Morgan fingerprint density at radius 2 is 0.860 bits per heavy atom. The van der Waals surface area contributed by atoms with E-state index in [2.05, 4.69) is 146 Å². The minimum absolute atomic E-state index is 0.249. The van der Waals surface area contributed by atoms with E-state index in [4.69, 9.17) is 19.9 Å². The van der Waals surface area contributed by atoms with E-state index in [1.54, 1.807) is 0 Å². The second kappa shape index (κ2) is 11.9. The molecule has 1 fully saturated rings. The molecule has 0 saturated heterocycles. The van der Waals surface area contributed by atoms with Crippen LogP contribution in [0.4, 0.5) is 0 Å². The minimum atomic E-state index is 0.249. The van der Waals surface area contributed by atoms with Crippen LogP contribution < -0.4 is 0 Å². The Morgan fingerprint density at radius 1 is 0.400 bits per heavy atom. The van der Waals surface area contributed by atoms with Crippen molar-refractivity contribution >= 4 is 54.0 Å². The third kappa shape index (κ3) is 4.90. The van der Waals surface area contributed by atoms with Crippen molar-refractivity contribution in [2.24, 2.45) is 0 Å². The molecular formula is C46H34N4. The lowest BCUT2D eigenvalue weighted by Crippen LogP contribution is -2.16. The zero-order valence-corrected chi connectivity index (χ0v) is 27.6. The molecular weight excluding hydrogens is 609 g/mol. The van der Waals surface area contributed by atoms with E-state index in [-0.39, 0.29) is 5.92 Å². The number of fused-ring (bicyclic) bond motifs is 7. The molecule has 238 valence electrons. The van der Waals surface area contributed by atoms with Crippen molar-refractivity contribution < 1.29 is 0 Å². The van der Waals surface area contributed by atoms with Crippen LogP contribution in [0, 0.1) is 0 Å². The highest BCUT2D eigenvalue weighted by molar-refractivity contribution is 6.14. The molecule has 7 aromatic carbocycles. The first-order valence-corrected chi connectivity index (χ1v) is 17.7. The van der Waals surface area contributed by atoms with E-state index in [9.17, 15) is 0 Å². The molecule has 2 heterocycles. The molecule has 0 unspecified atom stereocenters. The number of para-hydroxylation sites is 1. The molecule has 0 atom stereocenters. The third-order valence-corrected chi connectivity index (χ3v) is 10.8. The minimum Gasteiger partial charge on any atom is -0.256 e. The molecule has 1 aliphatic rings. The molecule has 0 aliphatic heterocycles. The normalized spacial score (nSPS) is 16.5. The van der Waals surface area contributed by atoms with Crippen molar-refractivity contribution in [3.63, 3.8) is 0 Å². The monoisotopic (exact) mass is 642 g/mol. The average Bonchev–Trinajstić information content (AvgIpc) is 3.20. The smallest absolute Gasteiger partial charge is 0.164 e. The molecule has 0 amide bonds. The van der Waals surface area contributed by atoms with Crippen molar-refractivity contribution in [1.29, 1.82) is 0 Å². The largest absolute Gasteiger partial charge is 0.256 e. The number of aromatic nitrogens is 4.